The van der Waals surface area contributed by atoms with E-state index in [1.807, 2.05) is 25.1 Å². The molecule has 0 radical (unpaired) electrons. The molecule has 0 aliphatic rings. The van der Waals surface area contributed by atoms with Gasteiger partial charge in [0, 0.05) is 27.3 Å². The molecule has 2 rings (SSSR count). The second-order valence-electron chi connectivity index (χ2n) is 5.83. The molecule has 2 aromatic carbocycles. The summed E-state index contributed by atoms with van der Waals surface area (Å²) in [6, 6.07) is 8.95. The van der Waals surface area contributed by atoms with Crippen LogP contribution in [0.15, 0.2) is 44.3 Å². The standard InChI is InChI=1S/C20H22Br2N2O3/c1-3-5-9-18(25)24-14-8-6-7-13(10-14)23-12-15-19(22)16(21)11-17(20(15)26)27-4-2/h6-8,10-12,26H,3-5,9H2,1-2H3,(H,24,25). The molecule has 0 bridgehead atoms. The third-order valence-electron chi connectivity index (χ3n) is 3.72. The third-order valence-corrected chi connectivity index (χ3v) is 5.73. The molecule has 0 atom stereocenters. The highest BCUT2D eigenvalue weighted by atomic mass is 79.9. The van der Waals surface area contributed by atoms with Gasteiger partial charge >= 0.3 is 0 Å². The van der Waals surface area contributed by atoms with Crippen LogP contribution in [0.2, 0.25) is 0 Å². The molecule has 2 aromatic rings. The number of nitrogens with one attached hydrogen (secondary N) is 1. The maximum Gasteiger partial charge on any atom is 0.224 e. The SMILES string of the molecule is CCCCC(=O)Nc1cccc(N=Cc2c(O)c(OCC)cc(Br)c2Br)c1. The van der Waals surface area contributed by atoms with Gasteiger partial charge in [-0.25, -0.2) is 0 Å². The Kier molecular flexibility index (Phi) is 8.31. The lowest BCUT2D eigenvalue weighted by molar-refractivity contribution is -0.116. The Bertz CT molecular complexity index is 838. The lowest BCUT2D eigenvalue weighted by atomic mass is 10.2. The van der Waals surface area contributed by atoms with Gasteiger partial charge in [0.1, 0.15) is 0 Å². The van der Waals surface area contributed by atoms with E-state index >= 15 is 0 Å². The van der Waals surface area contributed by atoms with Crippen LogP contribution in [-0.4, -0.2) is 23.8 Å². The lowest BCUT2D eigenvalue weighted by Crippen LogP contribution is -2.10. The van der Waals surface area contributed by atoms with Crippen molar-refractivity contribution in [3.8, 4) is 11.5 Å². The minimum absolute atomic E-state index is 0.00767. The Balaban J connectivity index is 2.23. The Labute approximate surface area is 176 Å². The molecule has 0 fully saturated rings. The highest BCUT2D eigenvalue weighted by molar-refractivity contribution is 9.13. The first-order valence-corrected chi connectivity index (χ1v) is 10.3. The van der Waals surface area contributed by atoms with Crippen LogP contribution in [0.3, 0.4) is 0 Å². The second kappa shape index (κ2) is 10.5. The number of phenols is 1. The summed E-state index contributed by atoms with van der Waals surface area (Å²) in [6.45, 7) is 4.34. The maximum atomic E-state index is 11.9. The van der Waals surface area contributed by atoms with Gasteiger partial charge in [0.15, 0.2) is 11.5 Å². The normalized spacial score (nSPS) is 11.0. The zero-order chi connectivity index (χ0) is 19.8. The summed E-state index contributed by atoms with van der Waals surface area (Å²) in [5.74, 6) is 0.386. The number of hydrogen-bond acceptors (Lipinski definition) is 4. The van der Waals surface area contributed by atoms with Crippen LogP contribution < -0.4 is 10.1 Å². The molecule has 0 saturated carbocycles. The summed E-state index contributed by atoms with van der Waals surface area (Å²) in [4.78, 5) is 16.3. The number of carbonyl (C=O) groups is 1. The number of anilines is 1. The lowest BCUT2D eigenvalue weighted by Gasteiger charge is -2.11. The highest BCUT2D eigenvalue weighted by Gasteiger charge is 2.14. The van der Waals surface area contributed by atoms with E-state index in [1.165, 1.54) is 0 Å². The Morgan fingerprint density at radius 1 is 1.30 bits per heavy atom. The van der Waals surface area contributed by atoms with E-state index < -0.39 is 0 Å². The van der Waals surface area contributed by atoms with Crippen LogP contribution in [0.5, 0.6) is 11.5 Å². The summed E-state index contributed by atoms with van der Waals surface area (Å²) < 4.78 is 6.88. The van der Waals surface area contributed by atoms with Crippen molar-refractivity contribution >= 4 is 55.4 Å². The fourth-order valence-electron chi connectivity index (χ4n) is 2.36. The molecule has 0 aliphatic heterocycles. The topological polar surface area (TPSA) is 70.9 Å². The molecule has 5 nitrogen and oxygen atoms in total. The summed E-state index contributed by atoms with van der Waals surface area (Å²) in [5, 5.41) is 13.3. The minimum Gasteiger partial charge on any atom is -0.504 e. The molecular weight excluding hydrogens is 476 g/mol. The second-order valence-corrected chi connectivity index (χ2v) is 7.47. The highest BCUT2D eigenvalue weighted by Crippen LogP contribution is 2.40. The van der Waals surface area contributed by atoms with Crippen molar-refractivity contribution in [1.29, 1.82) is 0 Å². The van der Waals surface area contributed by atoms with Gasteiger partial charge in [0.05, 0.1) is 17.9 Å². The summed E-state index contributed by atoms with van der Waals surface area (Å²) in [6.07, 6.45) is 3.91. The average Bonchev–Trinajstić information content (AvgIpc) is 2.65. The van der Waals surface area contributed by atoms with E-state index in [4.69, 9.17) is 4.74 Å². The van der Waals surface area contributed by atoms with Crippen molar-refractivity contribution in [2.24, 2.45) is 4.99 Å². The number of hydrogen-bond donors (Lipinski definition) is 2. The first-order valence-electron chi connectivity index (χ1n) is 8.74. The number of rotatable bonds is 8. The predicted octanol–water partition coefficient (Wildman–Crippen LogP) is 6.20. The van der Waals surface area contributed by atoms with Gasteiger partial charge in [-0.3, -0.25) is 9.79 Å². The van der Waals surface area contributed by atoms with Crippen molar-refractivity contribution in [2.75, 3.05) is 11.9 Å². The van der Waals surface area contributed by atoms with E-state index in [1.54, 1.807) is 18.3 Å². The Hall–Kier alpha value is -1.86. The molecular formula is C20H22Br2N2O3. The number of ether oxygens (including phenoxy) is 1. The number of unbranched alkanes of at least 4 members (excludes halogenated alkanes) is 1. The van der Waals surface area contributed by atoms with Crippen molar-refractivity contribution in [3.63, 3.8) is 0 Å². The van der Waals surface area contributed by atoms with Crippen molar-refractivity contribution in [2.45, 2.75) is 33.1 Å². The van der Waals surface area contributed by atoms with Gasteiger partial charge < -0.3 is 15.2 Å². The quantitative estimate of drug-likeness (QED) is 0.427. The number of nitrogens with zero attached hydrogens (tertiary/aromatic N) is 1. The molecule has 1 amide bonds. The number of aliphatic imine (C=N–C) groups is 1. The van der Waals surface area contributed by atoms with Gasteiger partial charge in [-0.05, 0) is 69.5 Å². The molecule has 0 unspecified atom stereocenters. The fraction of sp³-hybridized carbons (Fsp3) is 0.300. The number of carbonyl (C=O) groups excluding carboxylic acids is 1. The van der Waals surface area contributed by atoms with E-state index in [9.17, 15) is 9.90 Å². The third kappa shape index (κ3) is 6.07. The van der Waals surface area contributed by atoms with Gasteiger partial charge in [-0.1, -0.05) is 19.4 Å². The van der Waals surface area contributed by atoms with Gasteiger partial charge in [0.25, 0.3) is 0 Å². The van der Waals surface area contributed by atoms with Crippen molar-refractivity contribution in [1.82, 2.24) is 0 Å². The number of aromatic hydroxyl groups is 1. The molecule has 27 heavy (non-hydrogen) atoms. The number of phenolic OH excluding ortho intramolecular Hbond substituents is 1. The molecule has 7 heteroatoms. The Morgan fingerprint density at radius 2 is 2.07 bits per heavy atom. The van der Waals surface area contributed by atoms with Crippen molar-refractivity contribution in [3.05, 3.63) is 44.8 Å². The van der Waals surface area contributed by atoms with Crippen molar-refractivity contribution < 1.29 is 14.6 Å². The monoisotopic (exact) mass is 496 g/mol. The predicted molar refractivity (Wildman–Crippen MR) is 117 cm³/mol. The van der Waals surface area contributed by atoms with Gasteiger partial charge in [-0.2, -0.15) is 0 Å². The van der Waals surface area contributed by atoms with Gasteiger partial charge in [0.2, 0.25) is 5.91 Å². The first-order chi connectivity index (χ1) is 13.0. The van der Waals surface area contributed by atoms with E-state index in [-0.39, 0.29) is 11.7 Å². The maximum absolute atomic E-state index is 11.9. The summed E-state index contributed by atoms with van der Waals surface area (Å²) in [7, 11) is 0. The van der Waals surface area contributed by atoms with Crippen LogP contribution in [0.1, 0.15) is 38.7 Å². The van der Waals surface area contributed by atoms with E-state index in [2.05, 4.69) is 49.1 Å². The number of halogens is 2. The number of amides is 1. The summed E-state index contributed by atoms with van der Waals surface area (Å²) in [5.41, 5.74) is 1.86. The largest absolute Gasteiger partial charge is 0.504 e. The molecule has 0 aromatic heterocycles. The molecule has 2 N–H and O–H groups in total. The molecule has 0 saturated heterocycles. The van der Waals surface area contributed by atoms with Crippen LogP contribution in [-0.2, 0) is 4.79 Å². The zero-order valence-electron chi connectivity index (χ0n) is 15.3. The zero-order valence-corrected chi connectivity index (χ0v) is 18.4. The smallest absolute Gasteiger partial charge is 0.224 e. The minimum atomic E-state index is -0.00767. The van der Waals surface area contributed by atoms with E-state index in [0.717, 1.165) is 17.3 Å². The first kappa shape index (κ1) is 21.4. The molecule has 144 valence electrons. The summed E-state index contributed by atoms with van der Waals surface area (Å²) >= 11 is 6.89. The van der Waals surface area contributed by atoms with Crippen LogP contribution in [0, 0.1) is 0 Å². The molecule has 0 heterocycles. The fourth-order valence-corrected chi connectivity index (χ4v) is 3.19. The van der Waals surface area contributed by atoms with Crippen LogP contribution in [0.25, 0.3) is 0 Å². The van der Waals surface area contributed by atoms with E-state index in [0.29, 0.717) is 40.2 Å². The number of benzene rings is 2. The van der Waals surface area contributed by atoms with Crippen LogP contribution >= 0.6 is 31.9 Å². The Morgan fingerprint density at radius 3 is 2.78 bits per heavy atom. The average molecular weight is 498 g/mol. The molecule has 0 aliphatic carbocycles. The van der Waals surface area contributed by atoms with Crippen LogP contribution in [0.4, 0.5) is 11.4 Å². The molecule has 0 spiro atoms. The van der Waals surface area contributed by atoms with Gasteiger partial charge in [-0.15, -0.1) is 0 Å².